The first-order valence-corrected chi connectivity index (χ1v) is 10.1. The minimum Gasteiger partial charge on any atom is -0.399 e. The van der Waals surface area contributed by atoms with E-state index in [2.05, 4.69) is 15.3 Å². The molecule has 0 saturated carbocycles. The van der Waals surface area contributed by atoms with Gasteiger partial charge in [0.05, 0.1) is 16.8 Å². The Morgan fingerprint density at radius 1 is 0.967 bits per heavy atom. The summed E-state index contributed by atoms with van der Waals surface area (Å²) in [6, 6.07) is 12.1. The summed E-state index contributed by atoms with van der Waals surface area (Å²) in [5.41, 5.74) is 13.4. The zero-order chi connectivity index (χ0) is 21.9. The first kappa shape index (κ1) is 20.7. The minimum absolute atomic E-state index is 0.0587. The van der Waals surface area contributed by atoms with Crippen molar-refractivity contribution in [2.24, 2.45) is 0 Å². The van der Waals surface area contributed by atoms with Gasteiger partial charge in [-0.3, -0.25) is 9.59 Å². The number of nitrogen functional groups attached to an aromatic ring is 2. The molecule has 0 aliphatic heterocycles. The lowest BCUT2D eigenvalue weighted by Gasteiger charge is -2.09. The second-order valence-electron chi connectivity index (χ2n) is 6.25. The number of benzene rings is 2. The molecule has 30 heavy (non-hydrogen) atoms. The van der Waals surface area contributed by atoms with Crippen LogP contribution in [0.25, 0.3) is 11.3 Å². The minimum atomic E-state index is -3.97. The quantitative estimate of drug-likeness (QED) is 0.443. The van der Waals surface area contributed by atoms with Gasteiger partial charge in [-0.2, -0.15) is 0 Å². The molecule has 1 heterocycles. The number of carbonyl (C=O) groups is 2. The van der Waals surface area contributed by atoms with Gasteiger partial charge in [-0.25, -0.2) is 23.1 Å². The summed E-state index contributed by atoms with van der Waals surface area (Å²) < 4.78 is 25.8. The summed E-state index contributed by atoms with van der Waals surface area (Å²) in [4.78, 5) is 31.8. The molecule has 10 nitrogen and oxygen atoms in total. The Kier molecular flexibility index (Phi) is 5.65. The van der Waals surface area contributed by atoms with Crippen LogP contribution in [-0.4, -0.2) is 30.2 Å². The smallest absolute Gasteiger partial charge is 0.278 e. The summed E-state index contributed by atoms with van der Waals surface area (Å²) in [5, 5.41) is 2.58. The molecule has 2 aromatic carbocycles. The molecule has 0 fully saturated rings. The van der Waals surface area contributed by atoms with E-state index in [4.69, 9.17) is 11.5 Å². The van der Waals surface area contributed by atoms with Gasteiger partial charge >= 0.3 is 0 Å². The van der Waals surface area contributed by atoms with E-state index in [1.54, 1.807) is 24.3 Å². The maximum Gasteiger partial charge on any atom is 0.278 e. The molecule has 0 aliphatic rings. The first-order chi connectivity index (χ1) is 14.2. The molecule has 3 rings (SSSR count). The van der Waals surface area contributed by atoms with Crippen molar-refractivity contribution in [3.05, 3.63) is 60.4 Å². The van der Waals surface area contributed by atoms with Gasteiger partial charge in [0.15, 0.2) is 11.5 Å². The highest BCUT2D eigenvalue weighted by molar-refractivity contribution is 7.90. The van der Waals surface area contributed by atoms with Crippen LogP contribution in [0.4, 0.5) is 17.2 Å². The molecule has 0 unspecified atom stereocenters. The standard InChI is InChI=1S/C19H18N6O4S/c1-11(26)25-30(28,29)15-8-6-14(7-9-15)23-19(27)17-18(21)22-10-16(24-17)12-2-4-13(20)5-3-12/h2-10H,20H2,1H3,(H2,21,22)(H,23,27)(H,25,26). The molecule has 0 bridgehead atoms. The summed E-state index contributed by atoms with van der Waals surface area (Å²) >= 11 is 0. The number of nitrogens with one attached hydrogen (secondary N) is 2. The van der Waals surface area contributed by atoms with Crippen molar-refractivity contribution in [3.63, 3.8) is 0 Å². The van der Waals surface area contributed by atoms with Crippen molar-refractivity contribution < 1.29 is 18.0 Å². The Morgan fingerprint density at radius 3 is 2.20 bits per heavy atom. The van der Waals surface area contributed by atoms with Crippen molar-refractivity contribution in [1.29, 1.82) is 0 Å². The van der Waals surface area contributed by atoms with Crippen LogP contribution < -0.4 is 21.5 Å². The molecular weight excluding hydrogens is 408 g/mol. The van der Waals surface area contributed by atoms with E-state index in [0.717, 1.165) is 6.92 Å². The Labute approximate surface area is 172 Å². The van der Waals surface area contributed by atoms with Crippen molar-refractivity contribution >= 4 is 39.0 Å². The van der Waals surface area contributed by atoms with Gasteiger partial charge in [0, 0.05) is 23.9 Å². The molecule has 1 aromatic heterocycles. The molecule has 0 aliphatic carbocycles. The number of nitrogens with zero attached hydrogens (tertiary/aromatic N) is 2. The molecule has 2 amide bonds. The summed E-state index contributed by atoms with van der Waals surface area (Å²) in [7, 11) is -3.97. The van der Waals surface area contributed by atoms with Crippen molar-refractivity contribution in [1.82, 2.24) is 14.7 Å². The Morgan fingerprint density at radius 2 is 1.60 bits per heavy atom. The average molecular weight is 426 g/mol. The van der Waals surface area contributed by atoms with Gasteiger partial charge in [0.25, 0.3) is 15.9 Å². The fraction of sp³-hybridized carbons (Fsp3) is 0.0526. The van der Waals surface area contributed by atoms with Crippen LogP contribution in [0.3, 0.4) is 0 Å². The lowest BCUT2D eigenvalue weighted by atomic mass is 10.1. The third-order valence-electron chi connectivity index (χ3n) is 3.92. The van der Waals surface area contributed by atoms with E-state index in [1.165, 1.54) is 30.5 Å². The zero-order valence-corrected chi connectivity index (χ0v) is 16.6. The number of carbonyl (C=O) groups excluding carboxylic acids is 2. The summed E-state index contributed by atoms with van der Waals surface area (Å²) in [6.45, 7) is 1.09. The van der Waals surface area contributed by atoms with E-state index in [9.17, 15) is 18.0 Å². The highest BCUT2D eigenvalue weighted by Crippen LogP contribution is 2.21. The van der Waals surface area contributed by atoms with Crippen LogP contribution >= 0.6 is 0 Å². The fourth-order valence-electron chi connectivity index (χ4n) is 2.51. The summed E-state index contributed by atoms with van der Waals surface area (Å²) in [6.07, 6.45) is 1.44. The van der Waals surface area contributed by atoms with E-state index < -0.39 is 21.8 Å². The van der Waals surface area contributed by atoms with Crippen LogP contribution in [0.1, 0.15) is 17.4 Å². The number of nitrogens with two attached hydrogens (primary N) is 2. The predicted molar refractivity (Wildman–Crippen MR) is 112 cm³/mol. The van der Waals surface area contributed by atoms with E-state index in [-0.39, 0.29) is 16.4 Å². The average Bonchev–Trinajstić information content (AvgIpc) is 2.68. The fourth-order valence-corrected chi connectivity index (χ4v) is 3.51. The predicted octanol–water partition coefficient (Wildman–Crippen LogP) is 1.39. The topological polar surface area (TPSA) is 170 Å². The number of aromatic nitrogens is 2. The number of hydrogen-bond acceptors (Lipinski definition) is 8. The molecule has 11 heteroatoms. The zero-order valence-electron chi connectivity index (χ0n) is 15.8. The third kappa shape index (κ3) is 4.70. The van der Waals surface area contributed by atoms with Crippen LogP contribution in [0.15, 0.2) is 59.6 Å². The lowest BCUT2D eigenvalue weighted by Crippen LogP contribution is -2.28. The van der Waals surface area contributed by atoms with Crippen molar-refractivity contribution in [2.45, 2.75) is 11.8 Å². The first-order valence-electron chi connectivity index (χ1n) is 8.59. The van der Waals surface area contributed by atoms with Gasteiger partial charge in [-0.1, -0.05) is 12.1 Å². The number of sulfonamides is 1. The van der Waals surface area contributed by atoms with E-state index >= 15 is 0 Å². The van der Waals surface area contributed by atoms with Crippen molar-refractivity contribution in [3.8, 4) is 11.3 Å². The number of amides is 2. The second-order valence-corrected chi connectivity index (χ2v) is 7.93. The largest absolute Gasteiger partial charge is 0.399 e. The third-order valence-corrected chi connectivity index (χ3v) is 5.37. The monoisotopic (exact) mass is 426 g/mol. The molecule has 0 spiro atoms. The maximum absolute atomic E-state index is 12.6. The molecule has 154 valence electrons. The van der Waals surface area contributed by atoms with Crippen LogP contribution in [-0.2, 0) is 14.8 Å². The SMILES string of the molecule is CC(=O)NS(=O)(=O)c1ccc(NC(=O)c2nc(-c3ccc(N)cc3)cnc2N)cc1. The molecule has 0 radical (unpaired) electrons. The molecule has 3 aromatic rings. The number of rotatable bonds is 5. The second kappa shape index (κ2) is 8.17. The molecular formula is C19H18N6O4S. The van der Waals surface area contributed by atoms with E-state index in [0.29, 0.717) is 22.6 Å². The van der Waals surface area contributed by atoms with Gasteiger partial charge < -0.3 is 16.8 Å². The molecule has 0 saturated heterocycles. The Balaban J connectivity index is 1.81. The normalized spacial score (nSPS) is 11.0. The van der Waals surface area contributed by atoms with Crippen LogP contribution in [0, 0.1) is 0 Å². The van der Waals surface area contributed by atoms with Crippen LogP contribution in [0.5, 0.6) is 0 Å². The lowest BCUT2D eigenvalue weighted by molar-refractivity contribution is -0.117. The highest BCUT2D eigenvalue weighted by atomic mass is 32.2. The van der Waals surface area contributed by atoms with Crippen molar-refractivity contribution in [2.75, 3.05) is 16.8 Å². The van der Waals surface area contributed by atoms with Crippen LogP contribution in [0.2, 0.25) is 0 Å². The van der Waals surface area contributed by atoms with Gasteiger partial charge in [-0.15, -0.1) is 0 Å². The van der Waals surface area contributed by atoms with Gasteiger partial charge in [0.2, 0.25) is 5.91 Å². The summed E-state index contributed by atoms with van der Waals surface area (Å²) in [5.74, 6) is -1.38. The Bertz CT molecular complexity index is 1210. The molecule has 6 N–H and O–H groups in total. The van der Waals surface area contributed by atoms with Gasteiger partial charge in [-0.05, 0) is 36.4 Å². The highest BCUT2D eigenvalue weighted by Gasteiger charge is 2.17. The number of hydrogen-bond donors (Lipinski definition) is 4. The number of anilines is 3. The maximum atomic E-state index is 12.6. The molecule has 0 atom stereocenters. The van der Waals surface area contributed by atoms with Gasteiger partial charge in [0.1, 0.15) is 0 Å². The van der Waals surface area contributed by atoms with E-state index in [1.807, 2.05) is 4.72 Å². The Hall–Kier alpha value is -3.99.